The molecule has 0 fully saturated rings. The molecule has 0 aliphatic carbocycles. The topological polar surface area (TPSA) is 58.2 Å². The Balaban J connectivity index is 2.76. The van der Waals surface area contributed by atoms with Crippen molar-refractivity contribution < 1.29 is 18.4 Å². The molecule has 0 spiro atoms. The van der Waals surface area contributed by atoms with Gasteiger partial charge in [0.15, 0.2) is 5.82 Å². The molecule has 0 saturated carbocycles. The molecule has 0 unspecified atom stereocenters. The van der Waals surface area contributed by atoms with Gasteiger partial charge in [-0.2, -0.15) is 0 Å². The zero-order valence-electron chi connectivity index (χ0n) is 9.52. The van der Waals surface area contributed by atoms with Crippen molar-refractivity contribution in [2.45, 2.75) is 13.3 Å². The van der Waals surface area contributed by atoms with Crippen LogP contribution in [0.4, 0.5) is 19.3 Å². The van der Waals surface area contributed by atoms with E-state index in [9.17, 15) is 18.4 Å². The van der Waals surface area contributed by atoms with Gasteiger partial charge in [0.05, 0.1) is 0 Å². The van der Waals surface area contributed by atoms with Gasteiger partial charge in [0.1, 0.15) is 11.5 Å². The minimum Gasteiger partial charge on any atom is -0.302 e. The van der Waals surface area contributed by atoms with E-state index in [1.165, 1.54) is 13.0 Å². The molecule has 98 valence electrons. The zero-order chi connectivity index (χ0) is 13.7. The van der Waals surface area contributed by atoms with Gasteiger partial charge in [-0.15, -0.1) is 11.6 Å². The summed E-state index contributed by atoms with van der Waals surface area (Å²) in [6.07, 6.45) is -0.0617. The van der Waals surface area contributed by atoms with Crippen LogP contribution >= 0.6 is 11.6 Å². The third kappa shape index (κ3) is 3.66. The van der Waals surface area contributed by atoms with Gasteiger partial charge >= 0.3 is 6.03 Å². The van der Waals surface area contributed by atoms with Gasteiger partial charge in [0.2, 0.25) is 5.91 Å². The lowest BCUT2D eigenvalue weighted by Crippen LogP contribution is -2.35. The standard InChI is InChI=1S/C11H11ClF2N2O2/c1-6-2-3-7(13)10(9(6)14)16-11(18)15-8(17)4-5-12/h2-3H,4-5H2,1H3,(H2,15,16,17,18). The molecule has 0 heterocycles. The number of rotatable bonds is 3. The fourth-order valence-corrected chi connectivity index (χ4v) is 1.36. The summed E-state index contributed by atoms with van der Waals surface area (Å²) in [4.78, 5) is 22.3. The number of imide groups is 1. The Morgan fingerprint density at radius 3 is 2.61 bits per heavy atom. The maximum absolute atomic E-state index is 13.5. The van der Waals surface area contributed by atoms with Crippen LogP contribution in [0.1, 0.15) is 12.0 Å². The van der Waals surface area contributed by atoms with Crippen LogP contribution in [-0.4, -0.2) is 17.8 Å². The Morgan fingerprint density at radius 2 is 2.00 bits per heavy atom. The van der Waals surface area contributed by atoms with Crippen molar-refractivity contribution in [1.29, 1.82) is 0 Å². The number of alkyl halides is 1. The summed E-state index contributed by atoms with van der Waals surface area (Å²) in [6.45, 7) is 1.43. The molecule has 4 nitrogen and oxygen atoms in total. The Hall–Kier alpha value is -1.69. The number of benzene rings is 1. The van der Waals surface area contributed by atoms with Gasteiger partial charge in [-0.05, 0) is 18.6 Å². The van der Waals surface area contributed by atoms with Crippen LogP contribution in [0, 0.1) is 18.6 Å². The fraction of sp³-hybridized carbons (Fsp3) is 0.273. The molecule has 0 saturated heterocycles. The van der Waals surface area contributed by atoms with Gasteiger partial charge in [0.25, 0.3) is 0 Å². The van der Waals surface area contributed by atoms with E-state index in [-0.39, 0.29) is 17.9 Å². The highest BCUT2D eigenvalue weighted by atomic mass is 35.5. The van der Waals surface area contributed by atoms with Crippen molar-refractivity contribution in [3.05, 3.63) is 29.3 Å². The molecular formula is C11H11ClF2N2O2. The van der Waals surface area contributed by atoms with E-state index in [0.717, 1.165) is 6.07 Å². The molecule has 0 radical (unpaired) electrons. The number of halogens is 3. The monoisotopic (exact) mass is 276 g/mol. The Kier molecular flexibility index (Phi) is 5.03. The second-order valence-corrected chi connectivity index (χ2v) is 3.87. The minimum absolute atomic E-state index is 0.0479. The third-order valence-electron chi connectivity index (χ3n) is 2.10. The molecule has 3 amide bonds. The van der Waals surface area contributed by atoms with E-state index in [2.05, 4.69) is 0 Å². The molecule has 0 aromatic heterocycles. The predicted molar refractivity (Wildman–Crippen MR) is 63.6 cm³/mol. The van der Waals surface area contributed by atoms with Gasteiger partial charge < -0.3 is 5.32 Å². The molecule has 1 aromatic rings. The van der Waals surface area contributed by atoms with E-state index in [4.69, 9.17) is 11.6 Å². The van der Waals surface area contributed by atoms with Crippen LogP contribution < -0.4 is 10.6 Å². The highest BCUT2D eigenvalue weighted by molar-refractivity contribution is 6.19. The number of anilines is 1. The van der Waals surface area contributed by atoms with Crippen molar-refractivity contribution in [3.63, 3.8) is 0 Å². The van der Waals surface area contributed by atoms with Crippen LogP contribution in [0.25, 0.3) is 0 Å². The summed E-state index contributed by atoms with van der Waals surface area (Å²) in [5, 5.41) is 3.84. The number of aryl methyl sites for hydroxylation is 1. The van der Waals surface area contributed by atoms with Gasteiger partial charge in [-0.3, -0.25) is 10.1 Å². The molecular weight excluding hydrogens is 266 g/mol. The lowest BCUT2D eigenvalue weighted by Gasteiger charge is -2.09. The molecule has 1 aromatic carbocycles. The molecule has 1 rings (SSSR count). The van der Waals surface area contributed by atoms with E-state index in [1.807, 2.05) is 10.6 Å². The Morgan fingerprint density at radius 1 is 1.33 bits per heavy atom. The minimum atomic E-state index is -1.01. The molecule has 7 heteroatoms. The summed E-state index contributed by atoms with van der Waals surface area (Å²) in [5.41, 5.74) is -0.412. The van der Waals surface area contributed by atoms with E-state index in [0.29, 0.717) is 0 Å². The molecule has 0 atom stereocenters. The molecule has 2 N–H and O–H groups in total. The quantitative estimate of drug-likeness (QED) is 0.834. The van der Waals surface area contributed by atoms with Gasteiger partial charge in [-0.25, -0.2) is 13.6 Å². The number of carbonyl (C=O) groups excluding carboxylic acids is 2. The second-order valence-electron chi connectivity index (χ2n) is 3.49. The van der Waals surface area contributed by atoms with Gasteiger partial charge in [0, 0.05) is 12.3 Å². The average Bonchev–Trinajstić information content (AvgIpc) is 2.30. The number of nitrogens with one attached hydrogen (secondary N) is 2. The van der Waals surface area contributed by atoms with E-state index in [1.54, 1.807) is 0 Å². The van der Waals surface area contributed by atoms with Crippen molar-refractivity contribution >= 4 is 29.2 Å². The summed E-state index contributed by atoms with van der Waals surface area (Å²) in [7, 11) is 0. The maximum Gasteiger partial charge on any atom is 0.326 e. The highest BCUT2D eigenvalue weighted by Gasteiger charge is 2.15. The van der Waals surface area contributed by atoms with Crippen LogP contribution in [0.15, 0.2) is 12.1 Å². The van der Waals surface area contributed by atoms with Crippen molar-refractivity contribution in [1.82, 2.24) is 5.32 Å². The highest BCUT2D eigenvalue weighted by Crippen LogP contribution is 2.21. The van der Waals surface area contributed by atoms with Crippen molar-refractivity contribution in [3.8, 4) is 0 Å². The smallest absolute Gasteiger partial charge is 0.302 e. The van der Waals surface area contributed by atoms with Crippen LogP contribution in [-0.2, 0) is 4.79 Å². The molecule has 0 bridgehead atoms. The molecule has 0 aliphatic heterocycles. The van der Waals surface area contributed by atoms with Crippen LogP contribution in [0.5, 0.6) is 0 Å². The lowest BCUT2D eigenvalue weighted by atomic mass is 10.2. The first-order chi connectivity index (χ1) is 8.45. The Bertz CT molecular complexity index is 480. The SMILES string of the molecule is Cc1ccc(F)c(NC(=O)NC(=O)CCCl)c1F. The summed E-state index contributed by atoms with van der Waals surface area (Å²) < 4.78 is 26.8. The fourth-order valence-electron chi connectivity index (χ4n) is 1.19. The summed E-state index contributed by atoms with van der Waals surface area (Å²) in [6, 6.07) is 1.26. The maximum atomic E-state index is 13.5. The van der Waals surface area contributed by atoms with E-state index >= 15 is 0 Å². The number of hydrogen-bond donors (Lipinski definition) is 2. The third-order valence-corrected chi connectivity index (χ3v) is 2.29. The second kappa shape index (κ2) is 6.30. The largest absolute Gasteiger partial charge is 0.326 e. The average molecular weight is 277 g/mol. The normalized spacial score (nSPS) is 10.0. The predicted octanol–water partition coefficient (Wildman–Crippen LogP) is 2.55. The summed E-state index contributed by atoms with van der Waals surface area (Å²) >= 11 is 5.30. The first-order valence-electron chi connectivity index (χ1n) is 5.07. The summed E-state index contributed by atoms with van der Waals surface area (Å²) in [5.74, 6) is -2.38. The van der Waals surface area contributed by atoms with Crippen molar-refractivity contribution in [2.24, 2.45) is 0 Å². The number of carbonyl (C=O) groups is 2. The number of hydrogen-bond acceptors (Lipinski definition) is 2. The molecule has 0 aliphatic rings. The zero-order valence-corrected chi connectivity index (χ0v) is 10.3. The lowest BCUT2D eigenvalue weighted by molar-refractivity contribution is -0.119. The number of amides is 3. The van der Waals surface area contributed by atoms with Gasteiger partial charge in [-0.1, -0.05) is 6.07 Å². The van der Waals surface area contributed by atoms with Crippen LogP contribution in [0.2, 0.25) is 0 Å². The Labute approximate surface area is 107 Å². The van der Waals surface area contributed by atoms with Crippen LogP contribution in [0.3, 0.4) is 0 Å². The van der Waals surface area contributed by atoms with E-state index < -0.39 is 29.3 Å². The van der Waals surface area contributed by atoms with Crippen molar-refractivity contribution in [2.75, 3.05) is 11.2 Å². The first-order valence-corrected chi connectivity index (χ1v) is 5.60. The first kappa shape index (κ1) is 14.4. The number of urea groups is 1. The molecule has 18 heavy (non-hydrogen) atoms.